The van der Waals surface area contributed by atoms with Crippen molar-refractivity contribution in [3.05, 3.63) is 59.4 Å². The van der Waals surface area contributed by atoms with E-state index in [4.69, 9.17) is 0 Å². The Labute approximate surface area is 148 Å². The van der Waals surface area contributed by atoms with Gasteiger partial charge in [-0.2, -0.15) is 0 Å². The highest BCUT2D eigenvalue weighted by Gasteiger charge is 2.21. The first kappa shape index (κ1) is 18.9. The number of pyridine rings is 1. The largest absolute Gasteiger partial charge is 0.350 e. The number of carbonyl (C=O) groups excluding carboxylic acids is 1. The standard InChI is InChI=1S/C18H23N3O3S/c1-4-15-8-5-7-14(2)17(15)21(25(3,23)24)12-11-20-18(22)16-9-6-10-19-13-16/h5-10,13H,4,11-12H2,1-3H3,(H,20,22). The van der Waals surface area contributed by atoms with Crippen molar-refractivity contribution in [2.45, 2.75) is 20.3 Å². The van der Waals surface area contributed by atoms with E-state index in [1.165, 1.54) is 16.8 Å². The molecule has 0 spiro atoms. The lowest BCUT2D eigenvalue weighted by Crippen LogP contribution is -2.39. The topological polar surface area (TPSA) is 79.4 Å². The van der Waals surface area contributed by atoms with Crippen LogP contribution in [0.15, 0.2) is 42.7 Å². The molecule has 0 unspecified atom stereocenters. The van der Waals surface area contributed by atoms with Crippen LogP contribution < -0.4 is 9.62 Å². The molecule has 0 aliphatic heterocycles. The molecule has 1 aromatic carbocycles. The van der Waals surface area contributed by atoms with Crippen LogP contribution in [0.5, 0.6) is 0 Å². The van der Waals surface area contributed by atoms with Gasteiger partial charge in [0.1, 0.15) is 0 Å². The fourth-order valence-electron chi connectivity index (χ4n) is 2.68. The maximum Gasteiger partial charge on any atom is 0.252 e. The number of hydrogen-bond acceptors (Lipinski definition) is 4. The summed E-state index contributed by atoms with van der Waals surface area (Å²) in [5.74, 6) is -0.276. The van der Waals surface area contributed by atoms with E-state index in [0.717, 1.165) is 17.5 Å². The smallest absolute Gasteiger partial charge is 0.252 e. The van der Waals surface area contributed by atoms with Crippen molar-refractivity contribution in [3.8, 4) is 0 Å². The van der Waals surface area contributed by atoms with E-state index in [2.05, 4.69) is 10.3 Å². The molecular weight excluding hydrogens is 338 g/mol. The molecule has 0 aliphatic carbocycles. The Morgan fingerprint density at radius 1 is 1.24 bits per heavy atom. The minimum Gasteiger partial charge on any atom is -0.350 e. The molecule has 1 heterocycles. The van der Waals surface area contributed by atoms with Crippen LogP contribution in [0, 0.1) is 6.92 Å². The predicted octanol–water partition coefficient (Wildman–Crippen LogP) is 2.15. The second-order valence-electron chi connectivity index (χ2n) is 5.77. The summed E-state index contributed by atoms with van der Waals surface area (Å²) >= 11 is 0. The Balaban J connectivity index is 2.17. The van der Waals surface area contributed by atoms with Gasteiger partial charge in [-0.05, 0) is 36.6 Å². The van der Waals surface area contributed by atoms with E-state index >= 15 is 0 Å². The average Bonchev–Trinajstić information content (AvgIpc) is 2.58. The van der Waals surface area contributed by atoms with Gasteiger partial charge in [-0.25, -0.2) is 8.42 Å². The van der Waals surface area contributed by atoms with Crippen LogP contribution in [0.4, 0.5) is 5.69 Å². The summed E-state index contributed by atoms with van der Waals surface area (Å²) in [6.07, 6.45) is 4.97. The highest BCUT2D eigenvalue weighted by Crippen LogP contribution is 2.27. The highest BCUT2D eigenvalue weighted by molar-refractivity contribution is 7.92. The van der Waals surface area contributed by atoms with Crippen LogP contribution in [0.1, 0.15) is 28.4 Å². The third-order valence-electron chi connectivity index (χ3n) is 3.88. The van der Waals surface area contributed by atoms with Crippen LogP contribution in [-0.4, -0.2) is 38.7 Å². The number of carbonyl (C=O) groups is 1. The quantitative estimate of drug-likeness (QED) is 0.819. The molecule has 134 valence electrons. The number of rotatable bonds is 7. The summed E-state index contributed by atoms with van der Waals surface area (Å²) in [6, 6.07) is 9.07. The zero-order valence-corrected chi connectivity index (χ0v) is 15.5. The average molecular weight is 361 g/mol. The van der Waals surface area contributed by atoms with Gasteiger partial charge in [0.05, 0.1) is 24.1 Å². The second-order valence-corrected chi connectivity index (χ2v) is 7.68. The third kappa shape index (κ3) is 4.79. The number of nitrogens with one attached hydrogen (secondary N) is 1. The molecule has 1 N–H and O–H groups in total. The molecule has 0 fully saturated rings. The second kappa shape index (κ2) is 8.11. The van der Waals surface area contributed by atoms with Gasteiger partial charge in [0, 0.05) is 18.9 Å². The lowest BCUT2D eigenvalue weighted by Gasteiger charge is -2.26. The van der Waals surface area contributed by atoms with Crippen LogP contribution >= 0.6 is 0 Å². The molecule has 1 amide bonds. The lowest BCUT2D eigenvalue weighted by molar-refractivity contribution is 0.0954. The summed E-state index contributed by atoms with van der Waals surface area (Å²) < 4.78 is 26.0. The number of para-hydroxylation sites is 1. The molecule has 0 bridgehead atoms. The van der Waals surface area contributed by atoms with Gasteiger partial charge in [0.25, 0.3) is 5.91 Å². The summed E-state index contributed by atoms with van der Waals surface area (Å²) in [7, 11) is -3.47. The SMILES string of the molecule is CCc1cccc(C)c1N(CCNC(=O)c1cccnc1)S(C)(=O)=O. The van der Waals surface area contributed by atoms with Gasteiger partial charge in [0.2, 0.25) is 10.0 Å². The van der Waals surface area contributed by atoms with Crippen molar-refractivity contribution in [2.24, 2.45) is 0 Å². The van der Waals surface area contributed by atoms with E-state index < -0.39 is 10.0 Å². The van der Waals surface area contributed by atoms with Crippen LogP contribution in [0.2, 0.25) is 0 Å². The van der Waals surface area contributed by atoms with Gasteiger partial charge in [-0.15, -0.1) is 0 Å². The molecule has 0 radical (unpaired) electrons. The molecule has 0 saturated heterocycles. The van der Waals surface area contributed by atoms with Crippen molar-refractivity contribution in [2.75, 3.05) is 23.7 Å². The maximum absolute atomic E-state index is 12.3. The number of benzene rings is 1. The van der Waals surface area contributed by atoms with Crippen molar-refractivity contribution in [3.63, 3.8) is 0 Å². The van der Waals surface area contributed by atoms with E-state index in [1.54, 1.807) is 18.3 Å². The van der Waals surface area contributed by atoms with Gasteiger partial charge in [-0.1, -0.05) is 25.1 Å². The zero-order chi connectivity index (χ0) is 18.4. The molecule has 6 nitrogen and oxygen atoms in total. The van der Waals surface area contributed by atoms with Crippen LogP contribution in [0.25, 0.3) is 0 Å². The Kier molecular flexibility index (Phi) is 6.14. The van der Waals surface area contributed by atoms with Gasteiger partial charge in [-0.3, -0.25) is 14.1 Å². The molecule has 2 aromatic rings. The van der Waals surface area contributed by atoms with Crippen molar-refractivity contribution in [1.82, 2.24) is 10.3 Å². The Morgan fingerprint density at radius 3 is 2.60 bits per heavy atom. The van der Waals surface area contributed by atoms with Gasteiger partial charge >= 0.3 is 0 Å². The molecule has 7 heteroatoms. The zero-order valence-electron chi connectivity index (χ0n) is 14.7. The molecule has 2 rings (SSSR count). The Bertz CT molecular complexity index is 836. The van der Waals surface area contributed by atoms with Crippen LogP contribution in [-0.2, 0) is 16.4 Å². The minimum atomic E-state index is -3.47. The third-order valence-corrected chi connectivity index (χ3v) is 5.04. The van der Waals surface area contributed by atoms with Gasteiger partial charge < -0.3 is 5.32 Å². The number of sulfonamides is 1. The van der Waals surface area contributed by atoms with E-state index in [9.17, 15) is 13.2 Å². The number of hydrogen-bond donors (Lipinski definition) is 1. The molecule has 0 atom stereocenters. The van der Waals surface area contributed by atoms with Gasteiger partial charge in [0.15, 0.2) is 0 Å². The van der Waals surface area contributed by atoms with E-state index in [-0.39, 0.29) is 19.0 Å². The first-order valence-electron chi connectivity index (χ1n) is 8.09. The summed E-state index contributed by atoms with van der Waals surface area (Å²) in [5, 5.41) is 2.74. The number of aromatic nitrogens is 1. The Morgan fingerprint density at radius 2 is 2.00 bits per heavy atom. The van der Waals surface area contributed by atoms with E-state index in [0.29, 0.717) is 11.3 Å². The van der Waals surface area contributed by atoms with Crippen molar-refractivity contribution < 1.29 is 13.2 Å². The molecule has 1 aromatic heterocycles. The minimum absolute atomic E-state index is 0.169. The molecular formula is C18H23N3O3S. The lowest BCUT2D eigenvalue weighted by atomic mass is 10.1. The number of nitrogens with zero attached hydrogens (tertiary/aromatic N) is 2. The number of aryl methyl sites for hydroxylation is 2. The summed E-state index contributed by atoms with van der Waals surface area (Å²) in [4.78, 5) is 16.0. The predicted molar refractivity (Wildman–Crippen MR) is 99.3 cm³/mol. The van der Waals surface area contributed by atoms with Crippen LogP contribution in [0.3, 0.4) is 0 Å². The van der Waals surface area contributed by atoms with E-state index in [1.807, 2.05) is 32.0 Å². The summed E-state index contributed by atoms with van der Waals surface area (Å²) in [5.41, 5.74) is 2.99. The maximum atomic E-state index is 12.3. The molecule has 25 heavy (non-hydrogen) atoms. The first-order valence-corrected chi connectivity index (χ1v) is 9.94. The molecule has 0 saturated carbocycles. The number of anilines is 1. The molecule has 0 aliphatic rings. The van der Waals surface area contributed by atoms with Crippen molar-refractivity contribution in [1.29, 1.82) is 0 Å². The number of amides is 1. The van der Waals surface area contributed by atoms with Crippen molar-refractivity contribution >= 4 is 21.6 Å². The Hall–Kier alpha value is -2.41. The highest BCUT2D eigenvalue weighted by atomic mass is 32.2. The fourth-order valence-corrected chi connectivity index (χ4v) is 3.69. The monoisotopic (exact) mass is 361 g/mol. The summed E-state index contributed by atoms with van der Waals surface area (Å²) in [6.45, 7) is 4.25. The normalized spacial score (nSPS) is 11.2. The fraction of sp³-hybridized carbons (Fsp3) is 0.333. The first-order chi connectivity index (χ1) is 11.8.